The molecule has 66 valence electrons. The van der Waals surface area contributed by atoms with Gasteiger partial charge in [-0.05, 0) is 20.5 Å². The third-order valence-electron chi connectivity index (χ3n) is 2.05. The van der Waals surface area contributed by atoms with Gasteiger partial charge in [0.2, 0.25) is 0 Å². The first-order valence-corrected chi connectivity index (χ1v) is 4.27. The van der Waals surface area contributed by atoms with E-state index in [9.17, 15) is 0 Å². The average molecular weight is 158 g/mol. The molecule has 0 aromatic heterocycles. The monoisotopic (exact) mass is 158 g/mol. The maximum absolute atomic E-state index is 5.61. The van der Waals surface area contributed by atoms with Crippen molar-refractivity contribution in [3.63, 3.8) is 0 Å². The van der Waals surface area contributed by atoms with Gasteiger partial charge in [-0.2, -0.15) is 0 Å². The van der Waals surface area contributed by atoms with Gasteiger partial charge in [0.05, 0.1) is 12.7 Å². The molecule has 11 heavy (non-hydrogen) atoms. The van der Waals surface area contributed by atoms with Gasteiger partial charge in [0.25, 0.3) is 0 Å². The summed E-state index contributed by atoms with van der Waals surface area (Å²) in [6.07, 6.45) is 1.67. The SMILES string of the molecule is CNCCO[C@@H]1CCN(C)C1. The standard InChI is InChI=1S/C8H18N2O/c1-9-4-6-11-8-3-5-10(2)7-8/h8-9H,3-7H2,1-2H3/t8-/m1/s1. The minimum absolute atomic E-state index is 0.480. The molecule has 0 radical (unpaired) electrons. The molecule has 0 aliphatic carbocycles. The number of likely N-dealkylation sites (N-methyl/N-ethyl adjacent to an activating group) is 2. The van der Waals surface area contributed by atoms with E-state index < -0.39 is 0 Å². The first-order chi connectivity index (χ1) is 5.33. The van der Waals surface area contributed by atoms with Crippen molar-refractivity contribution < 1.29 is 4.74 Å². The first kappa shape index (κ1) is 8.97. The lowest BCUT2D eigenvalue weighted by atomic mass is 10.3. The molecule has 1 aliphatic rings. The maximum atomic E-state index is 5.61. The Morgan fingerprint density at radius 2 is 2.45 bits per heavy atom. The zero-order chi connectivity index (χ0) is 8.10. The summed E-state index contributed by atoms with van der Waals surface area (Å²) in [6, 6.07) is 0. The van der Waals surface area contributed by atoms with Crippen molar-refractivity contribution in [2.45, 2.75) is 12.5 Å². The predicted octanol–water partition coefficient (Wildman–Crippen LogP) is -0.0735. The predicted molar refractivity (Wildman–Crippen MR) is 45.8 cm³/mol. The highest BCUT2D eigenvalue weighted by molar-refractivity contribution is 4.72. The smallest absolute Gasteiger partial charge is 0.0714 e. The fourth-order valence-corrected chi connectivity index (χ4v) is 1.36. The van der Waals surface area contributed by atoms with Gasteiger partial charge in [-0.1, -0.05) is 0 Å². The molecule has 1 N–H and O–H groups in total. The van der Waals surface area contributed by atoms with Crippen LogP contribution in [0.2, 0.25) is 0 Å². The van der Waals surface area contributed by atoms with Crippen LogP contribution in [0.4, 0.5) is 0 Å². The lowest BCUT2D eigenvalue weighted by Gasteiger charge is -2.11. The van der Waals surface area contributed by atoms with Crippen LogP contribution in [0.3, 0.4) is 0 Å². The molecule has 1 aliphatic heterocycles. The van der Waals surface area contributed by atoms with Crippen LogP contribution in [0, 0.1) is 0 Å². The van der Waals surface area contributed by atoms with Crippen LogP contribution in [0.25, 0.3) is 0 Å². The lowest BCUT2D eigenvalue weighted by molar-refractivity contribution is 0.0637. The lowest BCUT2D eigenvalue weighted by Crippen LogP contribution is -2.23. The number of rotatable bonds is 4. The summed E-state index contributed by atoms with van der Waals surface area (Å²) in [5.74, 6) is 0. The van der Waals surface area contributed by atoms with Crippen LogP contribution in [-0.2, 0) is 4.74 Å². The van der Waals surface area contributed by atoms with Crippen LogP contribution in [0.15, 0.2) is 0 Å². The van der Waals surface area contributed by atoms with Crippen LogP contribution in [0.5, 0.6) is 0 Å². The van der Waals surface area contributed by atoms with Crippen molar-refractivity contribution in [1.82, 2.24) is 10.2 Å². The molecule has 0 spiro atoms. The van der Waals surface area contributed by atoms with E-state index in [1.165, 1.54) is 13.0 Å². The second kappa shape index (κ2) is 4.70. The van der Waals surface area contributed by atoms with Gasteiger partial charge < -0.3 is 15.0 Å². The Balaban J connectivity index is 1.99. The average Bonchev–Trinajstić information content (AvgIpc) is 2.37. The zero-order valence-electron chi connectivity index (χ0n) is 7.47. The van der Waals surface area contributed by atoms with Crippen LogP contribution in [0.1, 0.15) is 6.42 Å². The Labute approximate surface area is 68.7 Å². The summed E-state index contributed by atoms with van der Waals surface area (Å²) in [6.45, 7) is 4.09. The molecule has 1 rings (SSSR count). The Hall–Kier alpha value is -0.120. The van der Waals surface area contributed by atoms with Crippen LogP contribution < -0.4 is 5.32 Å². The summed E-state index contributed by atoms with van der Waals surface area (Å²) in [5.41, 5.74) is 0. The molecule has 3 nitrogen and oxygen atoms in total. The third-order valence-corrected chi connectivity index (χ3v) is 2.05. The van der Waals surface area contributed by atoms with E-state index in [2.05, 4.69) is 17.3 Å². The number of nitrogens with zero attached hydrogens (tertiary/aromatic N) is 1. The molecule has 0 aromatic carbocycles. The van der Waals surface area contributed by atoms with E-state index in [1.807, 2.05) is 7.05 Å². The van der Waals surface area contributed by atoms with Gasteiger partial charge in [0.15, 0.2) is 0 Å². The summed E-state index contributed by atoms with van der Waals surface area (Å²) >= 11 is 0. The molecule has 3 heteroatoms. The van der Waals surface area contributed by atoms with E-state index in [0.29, 0.717) is 6.10 Å². The van der Waals surface area contributed by atoms with Crippen LogP contribution >= 0.6 is 0 Å². The Kier molecular flexibility index (Phi) is 3.83. The maximum Gasteiger partial charge on any atom is 0.0714 e. The number of hydrogen-bond acceptors (Lipinski definition) is 3. The second-order valence-corrected chi connectivity index (χ2v) is 3.15. The van der Waals surface area contributed by atoms with Gasteiger partial charge in [0, 0.05) is 19.6 Å². The highest BCUT2D eigenvalue weighted by atomic mass is 16.5. The quantitative estimate of drug-likeness (QED) is 0.579. The largest absolute Gasteiger partial charge is 0.376 e. The van der Waals surface area contributed by atoms with E-state index in [4.69, 9.17) is 4.74 Å². The number of hydrogen-bond donors (Lipinski definition) is 1. The molecule has 1 heterocycles. The minimum Gasteiger partial charge on any atom is -0.376 e. The van der Waals surface area contributed by atoms with Crippen LogP contribution in [-0.4, -0.2) is 51.3 Å². The van der Waals surface area contributed by atoms with E-state index in [0.717, 1.165) is 19.7 Å². The molecule has 1 atom stereocenters. The molecule has 0 aromatic rings. The van der Waals surface area contributed by atoms with E-state index in [-0.39, 0.29) is 0 Å². The van der Waals surface area contributed by atoms with Gasteiger partial charge in [0.1, 0.15) is 0 Å². The number of ether oxygens (including phenoxy) is 1. The van der Waals surface area contributed by atoms with E-state index >= 15 is 0 Å². The van der Waals surface area contributed by atoms with Crippen molar-refractivity contribution in [3.8, 4) is 0 Å². The van der Waals surface area contributed by atoms with Gasteiger partial charge in [-0.25, -0.2) is 0 Å². The fourth-order valence-electron chi connectivity index (χ4n) is 1.36. The highest BCUT2D eigenvalue weighted by Crippen LogP contribution is 2.09. The summed E-state index contributed by atoms with van der Waals surface area (Å²) in [7, 11) is 4.09. The number of nitrogens with one attached hydrogen (secondary N) is 1. The Bertz CT molecular complexity index is 108. The molecule has 0 amide bonds. The van der Waals surface area contributed by atoms with Gasteiger partial charge >= 0.3 is 0 Å². The normalized spacial score (nSPS) is 26.2. The van der Waals surface area contributed by atoms with Gasteiger partial charge in [-0.15, -0.1) is 0 Å². The highest BCUT2D eigenvalue weighted by Gasteiger charge is 2.18. The fraction of sp³-hybridized carbons (Fsp3) is 1.00. The minimum atomic E-state index is 0.480. The van der Waals surface area contributed by atoms with Crippen molar-refractivity contribution >= 4 is 0 Å². The zero-order valence-corrected chi connectivity index (χ0v) is 7.47. The van der Waals surface area contributed by atoms with Crippen molar-refractivity contribution in [2.75, 3.05) is 40.3 Å². The Morgan fingerprint density at radius 3 is 3.00 bits per heavy atom. The van der Waals surface area contributed by atoms with Crippen molar-refractivity contribution in [3.05, 3.63) is 0 Å². The third kappa shape index (κ3) is 3.18. The first-order valence-electron chi connectivity index (χ1n) is 4.27. The summed E-state index contributed by atoms with van der Waals surface area (Å²) in [4.78, 5) is 2.31. The second-order valence-electron chi connectivity index (χ2n) is 3.15. The van der Waals surface area contributed by atoms with Gasteiger partial charge in [-0.3, -0.25) is 0 Å². The van der Waals surface area contributed by atoms with Crippen molar-refractivity contribution in [1.29, 1.82) is 0 Å². The summed E-state index contributed by atoms with van der Waals surface area (Å²) < 4.78 is 5.61. The molecule has 0 bridgehead atoms. The molecule has 1 fully saturated rings. The number of likely N-dealkylation sites (tertiary alicyclic amines) is 1. The summed E-state index contributed by atoms with van der Waals surface area (Å²) in [5, 5.41) is 3.06. The van der Waals surface area contributed by atoms with Crippen molar-refractivity contribution in [2.24, 2.45) is 0 Å². The molecule has 0 saturated carbocycles. The molecule has 1 saturated heterocycles. The molecular weight excluding hydrogens is 140 g/mol. The Morgan fingerprint density at radius 1 is 1.64 bits per heavy atom. The molecule has 0 unspecified atom stereocenters. The molecular formula is C8H18N2O. The topological polar surface area (TPSA) is 24.5 Å². The van der Waals surface area contributed by atoms with E-state index in [1.54, 1.807) is 0 Å².